The average Bonchev–Trinajstić information content (AvgIpc) is 2.68. The van der Waals surface area contributed by atoms with Crippen molar-refractivity contribution in [2.24, 2.45) is 0 Å². The van der Waals surface area contributed by atoms with Gasteiger partial charge in [0.15, 0.2) is 17.6 Å². The van der Waals surface area contributed by atoms with Gasteiger partial charge >= 0.3 is 0 Å². The van der Waals surface area contributed by atoms with Gasteiger partial charge < -0.3 is 19.5 Å². The Morgan fingerprint density at radius 1 is 1.04 bits per heavy atom. The number of ether oxygens (including phenoxy) is 3. The van der Waals surface area contributed by atoms with Crippen LogP contribution in [-0.2, 0) is 4.79 Å². The van der Waals surface area contributed by atoms with Gasteiger partial charge in [-0.1, -0.05) is 25.1 Å². The zero-order chi connectivity index (χ0) is 20.0. The van der Waals surface area contributed by atoms with Crippen molar-refractivity contribution in [3.63, 3.8) is 0 Å². The van der Waals surface area contributed by atoms with E-state index in [4.69, 9.17) is 14.2 Å². The lowest BCUT2D eigenvalue weighted by atomic mass is 10.0. The first kappa shape index (κ1) is 20.6. The average molecular weight is 371 g/mol. The molecule has 5 heteroatoms. The highest BCUT2D eigenvalue weighted by Gasteiger charge is 2.21. The van der Waals surface area contributed by atoms with Crippen LogP contribution in [0.3, 0.4) is 0 Å². The highest BCUT2D eigenvalue weighted by atomic mass is 16.5. The van der Waals surface area contributed by atoms with E-state index in [0.717, 1.165) is 28.9 Å². The minimum atomic E-state index is -0.598. The van der Waals surface area contributed by atoms with E-state index in [-0.39, 0.29) is 11.9 Å². The Hall–Kier alpha value is -2.69. The molecule has 5 nitrogen and oxygen atoms in total. The fourth-order valence-corrected chi connectivity index (χ4v) is 2.88. The second-order valence-electron chi connectivity index (χ2n) is 6.54. The van der Waals surface area contributed by atoms with E-state index in [1.54, 1.807) is 21.1 Å². The van der Waals surface area contributed by atoms with Crippen molar-refractivity contribution in [3.8, 4) is 17.2 Å². The van der Waals surface area contributed by atoms with Crippen LogP contribution in [-0.4, -0.2) is 26.2 Å². The summed E-state index contributed by atoms with van der Waals surface area (Å²) in [5.74, 6) is 1.88. The Bertz CT molecular complexity index is 788. The standard InChI is InChI=1S/C22H29NO4/c1-7-18(17-11-12-20(25-5)21(13-17)26-6)23-22(24)16(4)27-19-10-8-9-14(2)15(19)3/h8-13,16,18H,7H2,1-6H3,(H,23,24)/t16-,18+/m1/s1. The van der Waals surface area contributed by atoms with Crippen LogP contribution in [0.15, 0.2) is 36.4 Å². The van der Waals surface area contributed by atoms with Crippen molar-refractivity contribution in [3.05, 3.63) is 53.1 Å². The molecule has 0 aliphatic rings. The number of carbonyl (C=O) groups is 1. The quantitative estimate of drug-likeness (QED) is 0.749. The van der Waals surface area contributed by atoms with E-state index in [9.17, 15) is 4.79 Å². The summed E-state index contributed by atoms with van der Waals surface area (Å²) in [4.78, 5) is 12.7. The van der Waals surface area contributed by atoms with Crippen LogP contribution in [0, 0.1) is 13.8 Å². The van der Waals surface area contributed by atoms with Gasteiger partial charge in [0.05, 0.1) is 20.3 Å². The first-order valence-corrected chi connectivity index (χ1v) is 9.16. The van der Waals surface area contributed by atoms with Crippen LogP contribution in [0.1, 0.15) is 43.0 Å². The SMILES string of the molecule is CC[C@H](NC(=O)[C@@H](C)Oc1cccc(C)c1C)c1ccc(OC)c(OC)c1. The molecule has 0 saturated carbocycles. The number of methoxy groups -OCH3 is 2. The highest BCUT2D eigenvalue weighted by Crippen LogP contribution is 2.31. The molecular formula is C22H29NO4. The molecule has 2 aromatic carbocycles. The summed E-state index contributed by atoms with van der Waals surface area (Å²) in [6.45, 7) is 7.81. The number of rotatable bonds is 8. The molecular weight excluding hydrogens is 342 g/mol. The van der Waals surface area contributed by atoms with Crippen molar-refractivity contribution in [2.75, 3.05) is 14.2 Å². The second kappa shape index (κ2) is 9.31. The minimum absolute atomic E-state index is 0.137. The maximum atomic E-state index is 12.7. The summed E-state index contributed by atoms with van der Waals surface area (Å²) in [5.41, 5.74) is 3.14. The lowest BCUT2D eigenvalue weighted by Gasteiger charge is -2.22. The second-order valence-corrected chi connectivity index (χ2v) is 6.54. The number of benzene rings is 2. The zero-order valence-electron chi connectivity index (χ0n) is 17.0. The van der Waals surface area contributed by atoms with E-state index in [0.29, 0.717) is 11.5 Å². The van der Waals surface area contributed by atoms with Crippen molar-refractivity contribution in [1.29, 1.82) is 0 Å². The summed E-state index contributed by atoms with van der Waals surface area (Å²) < 4.78 is 16.5. The Morgan fingerprint density at radius 3 is 2.37 bits per heavy atom. The van der Waals surface area contributed by atoms with E-state index in [1.165, 1.54) is 0 Å². The molecule has 0 radical (unpaired) electrons. The summed E-state index contributed by atoms with van der Waals surface area (Å²) in [7, 11) is 3.20. The predicted octanol–water partition coefficient (Wildman–Crippen LogP) is 4.36. The summed E-state index contributed by atoms with van der Waals surface area (Å²) in [6.07, 6.45) is 0.150. The van der Waals surface area contributed by atoms with E-state index >= 15 is 0 Å². The first-order valence-electron chi connectivity index (χ1n) is 9.16. The van der Waals surface area contributed by atoms with E-state index in [1.807, 2.05) is 57.2 Å². The van der Waals surface area contributed by atoms with Gasteiger partial charge in [0.2, 0.25) is 0 Å². The Kier molecular flexibility index (Phi) is 7.11. The molecule has 0 saturated heterocycles. The number of nitrogens with one attached hydrogen (secondary N) is 1. The number of carbonyl (C=O) groups excluding carboxylic acids is 1. The van der Waals surface area contributed by atoms with Crippen molar-refractivity contribution >= 4 is 5.91 Å². The van der Waals surface area contributed by atoms with Crippen molar-refractivity contribution in [1.82, 2.24) is 5.32 Å². The monoisotopic (exact) mass is 371 g/mol. The molecule has 0 aliphatic heterocycles. The number of aryl methyl sites for hydroxylation is 1. The number of hydrogen-bond acceptors (Lipinski definition) is 4. The molecule has 0 fully saturated rings. The molecule has 146 valence electrons. The summed E-state index contributed by atoms with van der Waals surface area (Å²) in [5, 5.41) is 3.07. The fraction of sp³-hybridized carbons (Fsp3) is 0.409. The maximum Gasteiger partial charge on any atom is 0.261 e. The van der Waals surface area contributed by atoms with Gasteiger partial charge in [-0.05, 0) is 62.1 Å². The molecule has 1 amide bonds. The van der Waals surface area contributed by atoms with Crippen LogP contribution >= 0.6 is 0 Å². The smallest absolute Gasteiger partial charge is 0.261 e. The van der Waals surface area contributed by atoms with Gasteiger partial charge in [-0.2, -0.15) is 0 Å². The Morgan fingerprint density at radius 2 is 1.74 bits per heavy atom. The van der Waals surface area contributed by atoms with Crippen LogP contribution in [0.25, 0.3) is 0 Å². The van der Waals surface area contributed by atoms with Gasteiger partial charge in [-0.25, -0.2) is 0 Å². The van der Waals surface area contributed by atoms with Crippen LogP contribution < -0.4 is 19.5 Å². The Balaban J connectivity index is 2.11. The van der Waals surface area contributed by atoms with Gasteiger partial charge in [0.1, 0.15) is 5.75 Å². The molecule has 0 heterocycles. The van der Waals surface area contributed by atoms with E-state index < -0.39 is 6.10 Å². The summed E-state index contributed by atoms with van der Waals surface area (Å²) in [6, 6.07) is 11.4. The molecule has 0 bridgehead atoms. The Labute approximate surface area is 161 Å². The van der Waals surface area contributed by atoms with Crippen LogP contribution in [0.4, 0.5) is 0 Å². The van der Waals surface area contributed by atoms with Crippen LogP contribution in [0.2, 0.25) is 0 Å². The predicted molar refractivity (Wildman–Crippen MR) is 107 cm³/mol. The molecule has 1 N–H and O–H groups in total. The third-order valence-electron chi connectivity index (χ3n) is 4.76. The fourth-order valence-electron chi connectivity index (χ4n) is 2.88. The summed E-state index contributed by atoms with van der Waals surface area (Å²) >= 11 is 0. The molecule has 27 heavy (non-hydrogen) atoms. The van der Waals surface area contributed by atoms with Crippen LogP contribution in [0.5, 0.6) is 17.2 Å². The molecule has 0 aromatic heterocycles. The first-order chi connectivity index (χ1) is 12.9. The molecule has 2 rings (SSSR count). The largest absolute Gasteiger partial charge is 0.493 e. The topological polar surface area (TPSA) is 56.8 Å². The molecule has 2 aromatic rings. The number of amides is 1. The molecule has 0 aliphatic carbocycles. The normalized spacial score (nSPS) is 12.8. The van der Waals surface area contributed by atoms with E-state index in [2.05, 4.69) is 5.32 Å². The third-order valence-corrected chi connectivity index (χ3v) is 4.76. The highest BCUT2D eigenvalue weighted by molar-refractivity contribution is 5.81. The number of hydrogen-bond donors (Lipinski definition) is 1. The zero-order valence-corrected chi connectivity index (χ0v) is 17.0. The maximum absolute atomic E-state index is 12.7. The lowest BCUT2D eigenvalue weighted by molar-refractivity contribution is -0.128. The lowest BCUT2D eigenvalue weighted by Crippen LogP contribution is -2.38. The molecule has 2 atom stereocenters. The van der Waals surface area contributed by atoms with Crippen molar-refractivity contribution < 1.29 is 19.0 Å². The van der Waals surface area contributed by atoms with Gasteiger partial charge in [-0.3, -0.25) is 4.79 Å². The third kappa shape index (κ3) is 4.94. The minimum Gasteiger partial charge on any atom is -0.493 e. The van der Waals surface area contributed by atoms with Gasteiger partial charge in [-0.15, -0.1) is 0 Å². The van der Waals surface area contributed by atoms with Gasteiger partial charge in [0, 0.05) is 0 Å². The molecule has 0 unspecified atom stereocenters. The van der Waals surface area contributed by atoms with Crippen molar-refractivity contribution in [2.45, 2.75) is 46.3 Å². The molecule has 0 spiro atoms. The van der Waals surface area contributed by atoms with Gasteiger partial charge in [0.25, 0.3) is 5.91 Å².